The number of benzene rings is 2. The lowest BCUT2D eigenvalue weighted by atomic mass is 10.0. The maximum atomic E-state index is 12.4. The molecular formula is C24H26ClN3O6. The van der Waals surface area contributed by atoms with Gasteiger partial charge in [-0.25, -0.2) is 5.48 Å². The lowest BCUT2D eigenvalue weighted by Crippen LogP contribution is -2.24. The molecular weight excluding hydrogens is 462 g/mol. The Kier molecular flexibility index (Phi) is 6.85. The Morgan fingerprint density at radius 1 is 1.24 bits per heavy atom. The number of hydrogen-bond acceptors (Lipinski definition) is 6. The van der Waals surface area contributed by atoms with E-state index < -0.39 is 11.9 Å². The van der Waals surface area contributed by atoms with Crippen molar-refractivity contribution in [2.75, 3.05) is 19.0 Å². The minimum atomic E-state index is -0.729. The molecule has 0 aliphatic heterocycles. The summed E-state index contributed by atoms with van der Waals surface area (Å²) in [7, 11) is 1.53. The minimum absolute atomic E-state index is 0.0211. The van der Waals surface area contributed by atoms with E-state index >= 15 is 0 Å². The lowest BCUT2D eigenvalue weighted by molar-refractivity contribution is -0.129. The monoisotopic (exact) mass is 487 g/mol. The van der Waals surface area contributed by atoms with Gasteiger partial charge >= 0.3 is 0 Å². The van der Waals surface area contributed by atoms with E-state index in [0.717, 1.165) is 12.8 Å². The van der Waals surface area contributed by atoms with Crippen molar-refractivity contribution >= 4 is 39.9 Å². The van der Waals surface area contributed by atoms with Gasteiger partial charge in [0.1, 0.15) is 0 Å². The second kappa shape index (κ2) is 9.82. The Balaban J connectivity index is 1.84. The van der Waals surface area contributed by atoms with Crippen molar-refractivity contribution in [3.05, 3.63) is 47.1 Å². The minimum Gasteiger partial charge on any atom is -0.494 e. The largest absolute Gasteiger partial charge is 0.494 e. The summed E-state index contributed by atoms with van der Waals surface area (Å²) < 4.78 is 12.5. The fourth-order valence-corrected chi connectivity index (χ4v) is 4.19. The summed E-state index contributed by atoms with van der Waals surface area (Å²) in [5.41, 5.74) is 2.71. The molecule has 10 heteroatoms. The maximum absolute atomic E-state index is 12.4. The summed E-state index contributed by atoms with van der Waals surface area (Å²) in [5.74, 6) is 0.0441. The summed E-state index contributed by atoms with van der Waals surface area (Å²) in [4.78, 5) is 24.6. The van der Waals surface area contributed by atoms with Crippen molar-refractivity contribution in [2.45, 2.75) is 32.2 Å². The third-order valence-electron chi connectivity index (χ3n) is 5.85. The topological polar surface area (TPSA) is 122 Å². The van der Waals surface area contributed by atoms with Crippen LogP contribution in [0.2, 0.25) is 5.02 Å². The number of hydrogen-bond donors (Lipinski definition) is 4. The Labute approximate surface area is 201 Å². The Bertz CT molecular complexity index is 1240. The number of aromatic nitrogens is 1. The summed E-state index contributed by atoms with van der Waals surface area (Å²) >= 11 is 6.42. The first-order valence-corrected chi connectivity index (χ1v) is 11.3. The predicted molar refractivity (Wildman–Crippen MR) is 127 cm³/mol. The number of amides is 2. The molecule has 0 saturated heterocycles. The van der Waals surface area contributed by atoms with E-state index in [1.807, 2.05) is 6.92 Å². The van der Waals surface area contributed by atoms with Gasteiger partial charge < -0.3 is 24.5 Å². The van der Waals surface area contributed by atoms with Gasteiger partial charge in [0.2, 0.25) is 17.7 Å². The molecule has 3 aromatic rings. The number of aromatic hydroxyl groups is 1. The van der Waals surface area contributed by atoms with E-state index in [1.54, 1.807) is 42.0 Å². The number of ether oxygens (including phenoxy) is 2. The van der Waals surface area contributed by atoms with Gasteiger partial charge in [-0.3, -0.25) is 14.8 Å². The van der Waals surface area contributed by atoms with E-state index in [-0.39, 0.29) is 24.1 Å². The van der Waals surface area contributed by atoms with E-state index in [1.165, 1.54) is 11.7 Å². The number of methoxy groups -OCH3 is 1. The number of fused-ring (bicyclic) bond motifs is 1. The van der Waals surface area contributed by atoms with Gasteiger partial charge in [-0.2, -0.15) is 0 Å². The number of nitrogens with zero attached hydrogens (tertiary/aromatic N) is 1. The summed E-state index contributed by atoms with van der Waals surface area (Å²) in [6, 6.07) is 7.74. The van der Waals surface area contributed by atoms with Crippen LogP contribution in [0.5, 0.6) is 17.4 Å². The maximum Gasteiger partial charge on any atom is 0.245 e. The second-order valence-electron chi connectivity index (χ2n) is 8.11. The Hall–Kier alpha value is -3.43. The fraction of sp³-hybridized carbons (Fsp3) is 0.333. The molecule has 1 fully saturated rings. The molecule has 0 bridgehead atoms. The van der Waals surface area contributed by atoms with Crippen LogP contribution in [0.15, 0.2) is 36.5 Å². The second-order valence-corrected chi connectivity index (χ2v) is 8.51. The smallest absolute Gasteiger partial charge is 0.245 e. The van der Waals surface area contributed by atoms with Gasteiger partial charge in [0.05, 0.1) is 42.3 Å². The number of carbonyl (C=O) groups is 2. The zero-order valence-corrected chi connectivity index (χ0v) is 19.6. The van der Waals surface area contributed by atoms with Crippen LogP contribution in [0, 0.1) is 5.92 Å². The molecule has 0 spiro atoms. The van der Waals surface area contributed by atoms with Gasteiger partial charge in [-0.05, 0) is 49.6 Å². The fourth-order valence-electron chi connectivity index (χ4n) is 3.98. The first-order chi connectivity index (χ1) is 16.4. The third kappa shape index (κ3) is 4.62. The quantitative estimate of drug-likeness (QED) is 0.264. The molecule has 1 heterocycles. The molecule has 2 aromatic carbocycles. The average Bonchev–Trinajstić information content (AvgIpc) is 3.63. The number of hydroxylamine groups is 1. The SMILES string of the molecule is CCOc1cc([C@@H](CC(=O)NO)n2cc3c(Cl)ccc(NC(=O)C4CC4)c3c2O)ccc1OC. The van der Waals surface area contributed by atoms with Crippen LogP contribution in [-0.2, 0) is 9.59 Å². The average molecular weight is 488 g/mol. The number of nitrogens with one attached hydrogen (secondary N) is 2. The highest BCUT2D eigenvalue weighted by atomic mass is 35.5. The van der Waals surface area contributed by atoms with Crippen molar-refractivity contribution in [3.63, 3.8) is 0 Å². The van der Waals surface area contributed by atoms with E-state index in [0.29, 0.717) is 45.2 Å². The van der Waals surface area contributed by atoms with Gasteiger partial charge in [0.15, 0.2) is 11.5 Å². The van der Waals surface area contributed by atoms with Crippen molar-refractivity contribution in [3.8, 4) is 17.4 Å². The number of anilines is 1. The van der Waals surface area contributed by atoms with Crippen LogP contribution in [0.25, 0.3) is 10.8 Å². The van der Waals surface area contributed by atoms with E-state index in [2.05, 4.69) is 5.32 Å². The summed E-state index contributed by atoms with van der Waals surface area (Å²) in [6.07, 6.45) is 3.12. The number of halogens is 1. The van der Waals surface area contributed by atoms with Crippen LogP contribution >= 0.6 is 11.6 Å². The van der Waals surface area contributed by atoms with Crippen molar-refractivity contribution in [1.29, 1.82) is 0 Å². The lowest BCUT2D eigenvalue weighted by Gasteiger charge is -2.21. The van der Waals surface area contributed by atoms with Gasteiger partial charge in [-0.15, -0.1) is 0 Å². The van der Waals surface area contributed by atoms with Gasteiger partial charge in [0, 0.05) is 17.5 Å². The molecule has 1 aromatic heterocycles. The molecule has 180 valence electrons. The first-order valence-electron chi connectivity index (χ1n) is 10.9. The van der Waals surface area contributed by atoms with Crippen molar-refractivity contribution < 1.29 is 29.4 Å². The van der Waals surface area contributed by atoms with Gasteiger partial charge in [-0.1, -0.05) is 17.7 Å². The standard InChI is InChI=1S/C24H26ClN3O6/c1-3-34-20-10-14(6-9-19(20)33-2)18(11-21(29)27-32)28-12-15-16(25)7-8-17(22(15)24(28)31)26-23(30)13-4-5-13/h6-10,12-13,18,31-32H,3-5,11H2,1-2H3,(H,26,30)(H,27,29)/t18-/m1/s1. The van der Waals surface area contributed by atoms with Crippen LogP contribution in [0.3, 0.4) is 0 Å². The predicted octanol–water partition coefficient (Wildman–Crippen LogP) is 4.24. The molecule has 1 atom stereocenters. The molecule has 4 N–H and O–H groups in total. The molecule has 1 aliphatic rings. The normalized spacial score (nSPS) is 14.0. The highest BCUT2D eigenvalue weighted by molar-refractivity contribution is 6.36. The van der Waals surface area contributed by atoms with Crippen molar-refractivity contribution in [1.82, 2.24) is 10.0 Å². The van der Waals surface area contributed by atoms with Crippen LogP contribution < -0.4 is 20.3 Å². The molecule has 1 aliphatic carbocycles. The van der Waals surface area contributed by atoms with Crippen LogP contribution in [-0.4, -0.2) is 40.4 Å². The van der Waals surface area contributed by atoms with Gasteiger partial charge in [0.25, 0.3) is 0 Å². The Morgan fingerprint density at radius 3 is 2.65 bits per heavy atom. The zero-order valence-electron chi connectivity index (χ0n) is 18.8. The molecule has 0 unspecified atom stereocenters. The molecule has 4 rings (SSSR count). The van der Waals surface area contributed by atoms with E-state index in [4.69, 9.17) is 26.3 Å². The molecule has 1 saturated carbocycles. The van der Waals surface area contributed by atoms with E-state index in [9.17, 15) is 14.7 Å². The summed E-state index contributed by atoms with van der Waals surface area (Å²) in [6.45, 7) is 2.24. The molecule has 0 radical (unpaired) electrons. The zero-order chi connectivity index (χ0) is 24.4. The molecule has 34 heavy (non-hydrogen) atoms. The third-order valence-corrected chi connectivity index (χ3v) is 6.18. The number of carbonyl (C=O) groups excluding carboxylic acids is 2. The summed E-state index contributed by atoms with van der Waals surface area (Å²) in [5, 5.41) is 24.6. The van der Waals surface area contributed by atoms with Crippen LogP contribution in [0.1, 0.15) is 37.8 Å². The van der Waals surface area contributed by atoms with Crippen molar-refractivity contribution in [2.24, 2.45) is 5.92 Å². The first kappa shape index (κ1) is 23.7. The molecule has 9 nitrogen and oxygen atoms in total. The molecule has 2 amide bonds. The highest BCUT2D eigenvalue weighted by Gasteiger charge is 2.31. The highest BCUT2D eigenvalue weighted by Crippen LogP contribution is 2.43. The number of rotatable bonds is 9. The Morgan fingerprint density at radius 2 is 2.00 bits per heavy atom. The van der Waals surface area contributed by atoms with Crippen LogP contribution in [0.4, 0.5) is 5.69 Å².